The predicted octanol–water partition coefficient (Wildman–Crippen LogP) is 4.41. The number of pyridine rings is 1. The number of nitrogens with zero attached hydrogens (tertiary/aromatic N) is 6. The first-order valence-electron chi connectivity index (χ1n) is 9.36. The summed E-state index contributed by atoms with van der Waals surface area (Å²) < 4.78 is 1.98. The van der Waals surface area contributed by atoms with Gasteiger partial charge in [0.15, 0.2) is 11.0 Å². The van der Waals surface area contributed by atoms with Gasteiger partial charge in [-0.25, -0.2) is 4.98 Å². The number of aromatic nitrogens is 6. The molecular weight excluding hydrogens is 414 g/mol. The van der Waals surface area contributed by atoms with Gasteiger partial charge in [-0.3, -0.25) is 19.7 Å². The van der Waals surface area contributed by atoms with Crippen LogP contribution in [-0.2, 0) is 5.75 Å². The van der Waals surface area contributed by atoms with E-state index in [1.165, 1.54) is 23.9 Å². The van der Waals surface area contributed by atoms with Gasteiger partial charge in [0.2, 0.25) is 0 Å². The summed E-state index contributed by atoms with van der Waals surface area (Å²) in [6.07, 6.45) is 3.47. The van der Waals surface area contributed by atoms with Crippen LogP contribution < -0.4 is 0 Å². The molecule has 152 valence electrons. The van der Waals surface area contributed by atoms with Crippen molar-refractivity contribution >= 4 is 28.5 Å². The SMILES string of the molecule is O=[N+]([O-])c1ccc2nc(CSc3nnc(-c4cccnc4)n3-c3ccccc3)[nH]c2c1. The Balaban J connectivity index is 1.48. The Hall–Kier alpha value is -4.05. The van der Waals surface area contributed by atoms with E-state index in [1.807, 2.05) is 47.0 Å². The molecule has 3 heterocycles. The van der Waals surface area contributed by atoms with Crippen LogP contribution in [0.3, 0.4) is 0 Å². The van der Waals surface area contributed by atoms with Gasteiger partial charge >= 0.3 is 0 Å². The number of H-pyrrole nitrogens is 1. The summed E-state index contributed by atoms with van der Waals surface area (Å²) in [5, 5.41) is 20.5. The maximum atomic E-state index is 11.0. The number of thioether (sulfide) groups is 1. The van der Waals surface area contributed by atoms with Gasteiger partial charge in [0.05, 0.1) is 21.7 Å². The number of rotatable bonds is 6. The van der Waals surface area contributed by atoms with Crippen molar-refractivity contribution in [2.45, 2.75) is 10.9 Å². The summed E-state index contributed by atoms with van der Waals surface area (Å²) >= 11 is 1.48. The average Bonchev–Trinajstić information content (AvgIpc) is 3.42. The number of nitro benzene ring substituents is 1. The quantitative estimate of drug-likeness (QED) is 0.241. The van der Waals surface area contributed by atoms with E-state index < -0.39 is 4.92 Å². The molecule has 0 unspecified atom stereocenters. The van der Waals surface area contributed by atoms with Crippen molar-refractivity contribution < 1.29 is 4.92 Å². The molecule has 9 nitrogen and oxygen atoms in total. The summed E-state index contributed by atoms with van der Waals surface area (Å²) in [6.45, 7) is 0. The van der Waals surface area contributed by atoms with Crippen LogP contribution in [0.2, 0.25) is 0 Å². The zero-order chi connectivity index (χ0) is 21.2. The van der Waals surface area contributed by atoms with Crippen molar-refractivity contribution in [1.29, 1.82) is 0 Å². The van der Waals surface area contributed by atoms with Crippen LogP contribution in [0.25, 0.3) is 28.1 Å². The minimum absolute atomic E-state index is 0.0280. The molecule has 1 N–H and O–H groups in total. The molecule has 0 atom stereocenters. The standard InChI is InChI=1S/C21H15N7O2S/c29-28(30)16-8-9-17-18(11-16)24-19(23-17)13-31-21-26-25-20(14-5-4-10-22-12-14)27(21)15-6-2-1-3-7-15/h1-12H,13H2,(H,23,24). The second-order valence-corrected chi connectivity index (χ2v) is 7.59. The topological polar surface area (TPSA) is 115 Å². The molecule has 0 aliphatic heterocycles. The van der Waals surface area contributed by atoms with Gasteiger partial charge in [-0.05, 0) is 30.3 Å². The fraction of sp³-hybridized carbons (Fsp3) is 0.0476. The van der Waals surface area contributed by atoms with Crippen LogP contribution in [0.15, 0.2) is 78.2 Å². The Morgan fingerprint density at radius 1 is 1.06 bits per heavy atom. The highest BCUT2D eigenvalue weighted by Crippen LogP contribution is 2.29. The smallest absolute Gasteiger partial charge is 0.271 e. The molecule has 0 fully saturated rings. The number of non-ortho nitro benzene ring substituents is 1. The fourth-order valence-corrected chi connectivity index (χ4v) is 4.04. The molecular formula is C21H15N7O2S. The van der Waals surface area contributed by atoms with E-state index in [2.05, 4.69) is 25.1 Å². The van der Waals surface area contributed by atoms with E-state index >= 15 is 0 Å². The van der Waals surface area contributed by atoms with Gasteiger partial charge in [0.25, 0.3) is 5.69 Å². The molecule has 3 aromatic heterocycles. The maximum absolute atomic E-state index is 11.0. The molecule has 0 aliphatic carbocycles. The Bertz CT molecular complexity index is 1370. The van der Waals surface area contributed by atoms with E-state index in [4.69, 9.17) is 0 Å². The minimum Gasteiger partial charge on any atom is -0.341 e. The van der Waals surface area contributed by atoms with Crippen LogP contribution >= 0.6 is 11.8 Å². The number of fused-ring (bicyclic) bond motifs is 1. The number of nitro groups is 1. The van der Waals surface area contributed by atoms with Crippen molar-refractivity contribution in [2.75, 3.05) is 0 Å². The number of benzene rings is 2. The van der Waals surface area contributed by atoms with Crippen LogP contribution in [0.4, 0.5) is 5.69 Å². The lowest BCUT2D eigenvalue weighted by molar-refractivity contribution is -0.384. The van der Waals surface area contributed by atoms with E-state index in [0.29, 0.717) is 33.6 Å². The van der Waals surface area contributed by atoms with Crippen LogP contribution in [0.1, 0.15) is 5.82 Å². The number of hydrogen-bond acceptors (Lipinski definition) is 7. The molecule has 5 rings (SSSR count). The van der Waals surface area contributed by atoms with Crippen molar-refractivity contribution in [2.24, 2.45) is 0 Å². The maximum Gasteiger partial charge on any atom is 0.271 e. The highest BCUT2D eigenvalue weighted by molar-refractivity contribution is 7.98. The summed E-state index contributed by atoms with van der Waals surface area (Å²) in [6, 6.07) is 18.3. The monoisotopic (exact) mass is 429 g/mol. The highest BCUT2D eigenvalue weighted by Gasteiger charge is 2.17. The van der Waals surface area contributed by atoms with Gasteiger partial charge in [-0.2, -0.15) is 0 Å². The largest absolute Gasteiger partial charge is 0.341 e. The van der Waals surface area contributed by atoms with E-state index in [-0.39, 0.29) is 5.69 Å². The summed E-state index contributed by atoms with van der Waals surface area (Å²) in [5.74, 6) is 1.90. The molecule has 0 saturated heterocycles. The first kappa shape index (κ1) is 18.9. The van der Waals surface area contributed by atoms with E-state index in [0.717, 1.165) is 11.3 Å². The van der Waals surface area contributed by atoms with Gasteiger partial charge in [0, 0.05) is 35.8 Å². The minimum atomic E-state index is -0.420. The number of imidazole rings is 1. The second-order valence-electron chi connectivity index (χ2n) is 6.65. The summed E-state index contributed by atoms with van der Waals surface area (Å²) in [4.78, 5) is 22.5. The van der Waals surface area contributed by atoms with E-state index in [1.54, 1.807) is 18.5 Å². The van der Waals surface area contributed by atoms with E-state index in [9.17, 15) is 10.1 Å². The Kier molecular flexibility index (Phi) is 4.89. The molecule has 0 radical (unpaired) electrons. The molecule has 2 aromatic carbocycles. The number of nitrogens with one attached hydrogen (secondary N) is 1. The van der Waals surface area contributed by atoms with Crippen molar-refractivity contribution in [3.8, 4) is 17.1 Å². The van der Waals surface area contributed by atoms with Crippen molar-refractivity contribution in [1.82, 2.24) is 29.7 Å². The van der Waals surface area contributed by atoms with Crippen molar-refractivity contribution in [3.05, 3.63) is 89.0 Å². The molecule has 0 amide bonds. The Morgan fingerprint density at radius 2 is 1.94 bits per heavy atom. The lowest BCUT2D eigenvalue weighted by Crippen LogP contribution is -2.00. The highest BCUT2D eigenvalue weighted by atomic mass is 32.2. The predicted molar refractivity (Wildman–Crippen MR) is 117 cm³/mol. The lowest BCUT2D eigenvalue weighted by atomic mass is 10.2. The summed E-state index contributed by atoms with van der Waals surface area (Å²) in [7, 11) is 0. The number of aromatic amines is 1. The zero-order valence-electron chi connectivity index (χ0n) is 16.0. The Morgan fingerprint density at radius 3 is 2.71 bits per heavy atom. The zero-order valence-corrected chi connectivity index (χ0v) is 16.9. The second kappa shape index (κ2) is 8.00. The third-order valence-corrected chi connectivity index (χ3v) is 5.57. The summed E-state index contributed by atoms with van der Waals surface area (Å²) in [5.41, 5.74) is 3.14. The third kappa shape index (κ3) is 3.76. The molecule has 0 saturated carbocycles. The molecule has 0 spiro atoms. The average molecular weight is 429 g/mol. The third-order valence-electron chi connectivity index (χ3n) is 4.63. The van der Waals surface area contributed by atoms with Crippen LogP contribution in [0, 0.1) is 10.1 Å². The molecule has 0 bridgehead atoms. The van der Waals surface area contributed by atoms with Gasteiger partial charge < -0.3 is 4.98 Å². The normalized spacial score (nSPS) is 11.1. The number of para-hydroxylation sites is 1. The number of hydrogen-bond donors (Lipinski definition) is 1. The van der Waals surface area contributed by atoms with Gasteiger partial charge in [0.1, 0.15) is 5.82 Å². The van der Waals surface area contributed by atoms with Crippen LogP contribution in [-0.4, -0.2) is 34.6 Å². The Labute approximate surface area is 180 Å². The molecule has 5 aromatic rings. The first-order chi connectivity index (χ1) is 15.2. The molecule has 31 heavy (non-hydrogen) atoms. The van der Waals surface area contributed by atoms with Crippen molar-refractivity contribution in [3.63, 3.8) is 0 Å². The molecule has 10 heteroatoms. The first-order valence-corrected chi connectivity index (χ1v) is 10.3. The van der Waals surface area contributed by atoms with Gasteiger partial charge in [-0.1, -0.05) is 30.0 Å². The lowest BCUT2D eigenvalue weighted by Gasteiger charge is -2.09. The fourth-order valence-electron chi connectivity index (χ4n) is 3.22. The van der Waals surface area contributed by atoms with Crippen LogP contribution in [0.5, 0.6) is 0 Å². The van der Waals surface area contributed by atoms with Gasteiger partial charge in [-0.15, -0.1) is 10.2 Å². The molecule has 0 aliphatic rings.